The maximum Gasteiger partial charge on any atom is 0.305 e. The summed E-state index contributed by atoms with van der Waals surface area (Å²) in [5, 5.41) is 11.8. The van der Waals surface area contributed by atoms with Crippen LogP contribution in [0.3, 0.4) is 0 Å². The van der Waals surface area contributed by atoms with E-state index in [1.165, 1.54) is 4.57 Å². The summed E-state index contributed by atoms with van der Waals surface area (Å²) in [6.07, 6.45) is 2.24. The van der Waals surface area contributed by atoms with Gasteiger partial charge in [-0.3, -0.25) is 19.5 Å². The van der Waals surface area contributed by atoms with E-state index in [1.807, 2.05) is 0 Å². The standard InChI is InChI=1S/C13H9N5O3S/c1-17-11(19)9-4-2-3-5-10(9)16-13(17)22-12-14-6-8(7-15-12)18(20)21/h2-7H,1H3. The van der Waals surface area contributed by atoms with Crippen molar-refractivity contribution >= 4 is 28.4 Å². The molecule has 0 atom stereocenters. The predicted octanol–water partition coefficient (Wildman–Crippen LogP) is 1.78. The molecule has 0 aliphatic rings. The van der Waals surface area contributed by atoms with Crippen LogP contribution in [0.4, 0.5) is 5.69 Å². The second-order valence-corrected chi connectivity index (χ2v) is 5.29. The Bertz CT molecular complexity index is 923. The molecule has 3 aromatic rings. The lowest BCUT2D eigenvalue weighted by Crippen LogP contribution is -2.19. The third kappa shape index (κ3) is 2.53. The van der Waals surface area contributed by atoms with Crippen molar-refractivity contribution in [3.8, 4) is 0 Å². The van der Waals surface area contributed by atoms with Crippen molar-refractivity contribution in [3.05, 3.63) is 57.1 Å². The fraction of sp³-hybridized carbons (Fsp3) is 0.0769. The molecule has 0 spiro atoms. The molecule has 0 bridgehead atoms. The highest BCUT2D eigenvalue weighted by atomic mass is 32.2. The SMILES string of the molecule is Cn1c(Sc2ncc([N+](=O)[O-])cn2)nc2ccccc2c1=O. The van der Waals surface area contributed by atoms with E-state index in [0.29, 0.717) is 16.1 Å². The Morgan fingerprint density at radius 2 is 1.91 bits per heavy atom. The Balaban J connectivity index is 2.02. The Morgan fingerprint density at radius 3 is 2.59 bits per heavy atom. The summed E-state index contributed by atoms with van der Waals surface area (Å²) in [7, 11) is 1.61. The maximum atomic E-state index is 12.3. The van der Waals surface area contributed by atoms with Gasteiger partial charge in [0.25, 0.3) is 5.56 Å². The van der Waals surface area contributed by atoms with Crippen LogP contribution in [0.25, 0.3) is 10.9 Å². The summed E-state index contributed by atoms with van der Waals surface area (Å²) in [6.45, 7) is 0. The van der Waals surface area contributed by atoms with Gasteiger partial charge in [-0.05, 0) is 23.9 Å². The van der Waals surface area contributed by atoms with E-state index in [9.17, 15) is 14.9 Å². The smallest absolute Gasteiger partial charge is 0.290 e. The molecule has 3 rings (SSSR count). The third-order valence-electron chi connectivity index (χ3n) is 2.95. The number of para-hydroxylation sites is 1. The van der Waals surface area contributed by atoms with Crippen LogP contribution in [-0.4, -0.2) is 24.4 Å². The molecule has 0 aliphatic heterocycles. The first-order valence-electron chi connectivity index (χ1n) is 6.16. The van der Waals surface area contributed by atoms with Crippen molar-refractivity contribution in [3.63, 3.8) is 0 Å². The van der Waals surface area contributed by atoms with E-state index in [2.05, 4.69) is 15.0 Å². The Hall–Kier alpha value is -2.81. The number of benzene rings is 1. The fourth-order valence-corrected chi connectivity index (χ4v) is 2.56. The molecular formula is C13H9N5O3S. The fourth-order valence-electron chi connectivity index (χ4n) is 1.83. The first kappa shape index (κ1) is 14.1. The average molecular weight is 315 g/mol. The molecule has 0 aliphatic carbocycles. The normalized spacial score (nSPS) is 10.8. The highest BCUT2D eigenvalue weighted by molar-refractivity contribution is 7.99. The van der Waals surface area contributed by atoms with Gasteiger partial charge in [-0.15, -0.1) is 0 Å². The van der Waals surface area contributed by atoms with Crippen molar-refractivity contribution in [2.45, 2.75) is 10.3 Å². The lowest BCUT2D eigenvalue weighted by molar-refractivity contribution is -0.385. The van der Waals surface area contributed by atoms with Crippen LogP contribution in [0.15, 0.2) is 51.8 Å². The van der Waals surface area contributed by atoms with Gasteiger partial charge in [-0.25, -0.2) is 15.0 Å². The average Bonchev–Trinajstić information content (AvgIpc) is 2.53. The van der Waals surface area contributed by atoms with Crippen molar-refractivity contribution in [2.75, 3.05) is 0 Å². The van der Waals surface area contributed by atoms with Crippen molar-refractivity contribution in [1.82, 2.24) is 19.5 Å². The van der Waals surface area contributed by atoms with Crippen molar-refractivity contribution in [1.29, 1.82) is 0 Å². The Labute approximate surface area is 128 Å². The summed E-state index contributed by atoms with van der Waals surface area (Å²) in [5.41, 5.74) is 0.217. The van der Waals surface area contributed by atoms with E-state index in [-0.39, 0.29) is 16.4 Å². The van der Waals surface area contributed by atoms with Gasteiger partial charge in [0.15, 0.2) is 10.3 Å². The van der Waals surface area contributed by atoms with Crippen LogP contribution < -0.4 is 5.56 Å². The molecule has 8 nitrogen and oxygen atoms in total. The number of fused-ring (bicyclic) bond motifs is 1. The van der Waals surface area contributed by atoms with Crippen LogP contribution in [0.5, 0.6) is 0 Å². The van der Waals surface area contributed by atoms with Gasteiger partial charge in [0, 0.05) is 7.05 Å². The summed E-state index contributed by atoms with van der Waals surface area (Å²) in [6, 6.07) is 7.03. The molecular weight excluding hydrogens is 306 g/mol. The molecule has 2 heterocycles. The minimum Gasteiger partial charge on any atom is -0.290 e. The molecule has 0 amide bonds. The van der Waals surface area contributed by atoms with Gasteiger partial charge in [0.05, 0.1) is 15.8 Å². The molecule has 0 saturated carbocycles. The molecule has 110 valence electrons. The van der Waals surface area contributed by atoms with Gasteiger partial charge in [0.2, 0.25) is 0 Å². The minimum absolute atomic E-state index is 0.171. The zero-order chi connectivity index (χ0) is 15.7. The number of rotatable bonds is 3. The summed E-state index contributed by atoms with van der Waals surface area (Å²) >= 11 is 1.07. The van der Waals surface area contributed by atoms with Crippen LogP contribution in [0.2, 0.25) is 0 Å². The zero-order valence-electron chi connectivity index (χ0n) is 11.3. The molecule has 0 fully saturated rings. The summed E-state index contributed by atoms with van der Waals surface area (Å²) in [5.74, 6) is 0. The molecule has 0 unspecified atom stereocenters. The second-order valence-electron chi connectivity index (χ2n) is 4.36. The number of nitro groups is 1. The van der Waals surface area contributed by atoms with Gasteiger partial charge < -0.3 is 0 Å². The minimum atomic E-state index is -0.571. The molecule has 0 radical (unpaired) electrons. The topological polar surface area (TPSA) is 104 Å². The van der Waals surface area contributed by atoms with Crippen LogP contribution >= 0.6 is 11.8 Å². The Kier molecular flexibility index (Phi) is 3.55. The quantitative estimate of drug-likeness (QED) is 0.412. The Morgan fingerprint density at radius 1 is 1.23 bits per heavy atom. The van der Waals surface area contributed by atoms with Crippen molar-refractivity contribution < 1.29 is 4.92 Å². The van der Waals surface area contributed by atoms with E-state index in [0.717, 1.165) is 24.2 Å². The molecule has 2 aromatic heterocycles. The van der Waals surface area contributed by atoms with E-state index in [1.54, 1.807) is 31.3 Å². The highest BCUT2D eigenvalue weighted by Gasteiger charge is 2.12. The van der Waals surface area contributed by atoms with Gasteiger partial charge >= 0.3 is 5.69 Å². The molecule has 1 aromatic carbocycles. The summed E-state index contributed by atoms with van der Waals surface area (Å²) < 4.78 is 1.40. The predicted molar refractivity (Wildman–Crippen MR) is 79.8 cm³/mol. The number of nitrogens with zero attached hydrogens (tertiary/aromatic N) is 5. The number of hydrogen-bond donors (Lipinski definition) is 0. The van der Waals surface area contributed by atoms with E-state index in [4.69, 9.17) is 0 Å². The summed E-state index contributed by atoms with van der Waals surface area (Å²) in [4.78, 5) is 34.5. The third-order valence-corrected chi connectivity index (χ3v) is 3.89. The number of aromatic nitrogens is 4. The van der Waals surface area contributed by atoms with Gasteiger partial charge in [-0.1, -0.05) is 12.1 Å². The van der Waals surface area contributed by atoms with Crippen LogP contribution in [-0.2, 0) is 7.05 Å². The molecule has 0 saturated heterocycles. The molecule has 0 N–H and O–H groups in total. The van der Waals surface area contributed by atoms with Crippen molar-refractivity contribution in [2.24, 2.45) is 7.05 Å². The lowest BCUT2D eigenvalue weighted by Gasteiger charge is -2.07. The van der Waals surface area contributed by atoms with Crippen LogP contribution in [0.1, 0.15) is 0 Å². The van der Waals surface area contributed by atoms with Gasteiger partial charge in [0.1, 0.15) is 12.4 Å². The second kappa shape index (κ2) is 5.53. The monoisotopic (exact) mass is 315 g/mol. The molecule has 22 heavy (non-hydrogen) atoms. The lowest BCUT2D eigenvalue weighted by atomic mass is 10.2. The van der Waals surface area contributed by atoms with E-state index < -0.39 is 4.92 Å². The first-order valence-corrected chi connectivity index (χ1v) is 6.98. The van der Waals surface area contributed by atoms with Crippen LogP contribution in [0, 0.1) is 10.1 Å². The molecule has 9 heteroatoms. The van der Waals surface area contributed by atoms with E-state index >= 15 is 0 Å². The number of hydrogen-bond acceptors (Lipinski definition) is 7. The maximum absolute atomic E-state index is 12.3. The first-order chi connectivity index (χ1) is 10.6. The largest absolute Gasteiger partial charge is 0.305 e. The zero-order valence-corrected chi connectivity index (χ0v) is 12.1. The van der Waals surface area contributed by atoms with Gasteiger partial charge in [-0.2, -0.15) is 0 Å². The highest BCUT2D eigenvalue weighted by Crippen LogP contribution is 2.23.